The molecule has 4 nitrogen and oxygen atoms in total. The van der Waals surface area contributed by atoms with Crippen molar-refractivity contribution < 1.29 is 8.42 Å². The number of nitrogens with one attached hydrogen (secondary N) is 1. The predicted octanol–water partition coefficient (Wildman–Crippen LogP) is 2.00. The van der Waals surface area contributed by atoms with Crippen LogP contribution in [0.1, 0.15) is 31.7 Å². The molecule has 1 aromatic rings. The van der Waals surface area contributed by atoms with Gasteiger partial charge < -0.3 is 0 Å². The normalized spacial score (nSPS) is 11.4. The highest BCUT2D eigenvalue weighted by molar-refractivity contribution is 7.89. The summed E-state index contributed by atoms with van der Waals surface area (Å²) >= 11 is 0. The van der Waals surface area contributed by atoms with Gasteiger partial charge in [0, 0.05) is 13.0 Å². The number of nitriles is 1. The van der Waals surface area contributed by atoms with Gasteiger partial charge in [0.05, 0.1) is 11.0 Å². The topological polar surface area (TPSA) is 70.0 Å². The lowest BCUT2D eigenvalue weighted by atomic mass is 10.0. The summed E-state index contributed by atoms with van der Waals surface area (Å²) in [5, 5.41) is 8.35. The summed E-state index contributed by atoms with van der Waals surface area (Å²) in [6.45, 7) is 4.24. The lowest BCUT2D eigenvalue weighted by molar-refractivity contribution is 0.582. The molecule has 0 aromatic heterocycles. The summed E-state index contributed by atoms with van der Waals surface area (Å²) in [5.74, 6) is 0.373. The molecule has 0 atom stereocenters. The summed E-state index contributed by atoms with van der Waals surface area (Å²) in [7, 11) is -3.48. The van der Waals surface area contributed by atoms with Crippen LogP contribution in [0.5, 0.6) is 0 Å². The summed E-state index contributed by atoms with van der Waals surface area (Å²) in [4.78, 5) is 0.236. The van der Waals surface area contributed by atoms with Gasteiger partial charge in [-0.1, -0.05) is 26.0 Å². The Hall–Kier alpha value is -1.38. The average Bonchev–Trinajstić information content (AvgIpc) is 2.29. The lowest BCUT2D eigenvalue weighted by Crippen LogP contribution is -2.24. The minimum atomic E-state index is -3.48. The monoisotopic (exact) mass is 252 g/mol. The van der Waals surface area contributed by atoms with Crippen molar-refractivity contribution in [2.24, 2.45) is 0 Å². The highest BCUT2D eigenvalue weighted by Crippen LogP contribution is 2.17. The van der Waals surface area contributed by atoms with Crippen molar-refractivity contribution in [3.05, 3.63) is 29.8 Å². The molecule has 0 aliphatic heterocycles. The molecule has 0 amide bonds. The van der Waals surface area contributed by atoms with Crippen LogP contribution in [0.15, 0.2) is 29.2 Å². The largest absolute Gasteiger partial charge is 0.240 e. The van der Waals surface area contributed by atoms with Gasteiger partial charge in [0.15, 0.2) is 0 Å². The van der Waals surface area contributed by atoms with Crippen molar-refractivity contribution in [3.8, 4) is 6.07 Å². The van der Waals surface area contributed by atoms with Crippen molar-refractivity contribution >= 4 is 10.0 Å². The maximum atomic E-state index is 11.8. The van der Waals surface area contributed by atoms with Crippen LogP contribution in [0.2, 0.25) is 0 Å². The fourth-order valence-corrected chi connectivity index (χ4v) is 2.39. The minimum absolute atomic E-state index is 0.144. The van der Waals surface area contributed by atoms with Crippen LogP contribution in [0.25, 0.3) is 0 Å². The molecular weight excluding hydrogens is 236 g/mol. The summed E-state index contributed by atoms with van der Waals surface area (Å²) in [6, 6.07) is 8.68. The van der Waals surface area contributed by atoms with Crippen molar-refractivity contribution in [2.75, 3.05) is 6.54 Å². The molecule has 5 heteroatoms. The van der Waals surface area contributed by atoms with Crippen LogP contribution in [0, 0.1) is 11.3 Å². The molecule has 0 heterocycles. The summed E-state index contributed by atoms with van der Waals surface area (Å²) in [5.41, 5.74) is 1.10. The Bertz CT molecular complexity index is 498. The van der Waals surface area contributed by atoms with Crippen LogP contribution >= 0.6 is 0 Å². The fourth-order valence-electron chi connectivity index (χ4n) is 1.36. The third-order valence-corrected chi connectivity index (χ3v) is 3.86. The first kappa shape index (κ1) is 13.7. The SMILES string of the molecule is CC(C)c1ccc(S(=O)(=O)NCCC#N)cc1. The van der Waals surface area contributed by atoms with E-state index in [0.29, 0.717) is 5.92 Å². The molecule has 0 bridgehead atoms. The number of hydrogen-bond donors (Lipinski definition) is 1. The van der Waals surface area contributed by atoms with Crippen LogP contribution in [0.4, 0.5) is 0 Å². The molecule has 1 aromatic carbocycles. The molecule has 92 valence electrons. The van der Waals surface area contributed by atoms with E-state index in [9.17, 15) is 8.42 Å². The van der Waals surface area contributed by atoms with Crippen molar-refractivity contribution in [3.63, 3.8) is 0 Å². The van der Waals surface area contributed by atoms with E-state index >= 15 is 0 Å². The van der Waals surface area contributed by atoms with Crippen molar-refractivity contribution in [1.29, 1.82) is 5.26 Å². The lowest BCUT2D eigenvalue weighted by Gasteiger charge is -2.08. The Morgan fingerprint density at radius 3 is 2.35 bits per heavy atom. The molecule has 0 aliphatic rings. The third kappa shape index (κ3) is 3.84. The van der Waals surface area contributed by atoms with E-state index in [1.807, 2.05) is 18.2 Å². The minimum Gasteiger partial charge on any atom is -0.210 e. The maximum absolute atomic E-state index is 11.8. The summed E-state index contributed by atoms with van der Waals surface area (Å²) in [6.07, 6.45) is 0.170. The second kappa shape index (κ2) is 5.80. The van der Waals surface area contributed by atoms with E-state index in [1.54, 1.807) is 12.1 Å². The van der Waals surface area contributed by atoms with Crippen LogP contribution in [-0.2, 0) is 10.0 Å². The molecule has 0 unspecified atom stereocenters. The molecule has 0 aliphatic carbocycles. The zero-order valence-electron chi connectivity index (χ0n) is 9.97. The quantitative estimate of drug-likeness (QED) is 0.815. The van der Waals surface area contributed by atoms with E-state index in [2.05, 4.69) is 18.6 Å². The number of benzene rings is 1. The van der Waals surface area contributed by atoms with Gasteiger partial charge in [-0.3, -0.25) is 0 Å². The Labute approximate surface area is 102 Å². The second-order valence-electron chi connectivity index (χ2n) is 4.03. The summed E-state index contributed by atoms with van der Waals surface area (Å²) < 4.78 is 25.9. The highest BCUT2D eigenvalue weighted by Gasteiger charge is 2.13. The Kier molecular flexibility index (Phi) is 4.67. The van der Waals surface area contributed by atoms with E-state index in [4.69, 9.17) is 5.26 Å². The van der Waals surface area contributed by atoms with Gasteiger partial charge in [-0.05, 0) is 23.6 Å². The van der Waals surface area contributed by atoms with E-state index in [1.165, 1.54) is 0 Å². The molecule has 0 spiro atoms. The molecule has 0 fully saturated rings. The van der Waals surface area contributed by atoms with Gasteiger partial charge in [0.2, 0.25) is 10.0 Å². The zero-order valence-corrected chi connectivity index (χ0v) is 10.8. The first-order chi connectivity index (χ1) is 7.97. The van der Waals surface area contributed by atoms with Gasteiger partial charge in [-0.25, -0.2) is 13.1 Å². The molecule has 17 heavy (non-hydrogen) atoms. The van der Waals surface area contributed by atoms with Gasteiger partial charge >= 0.3 is 0 Å². The fraction of sp³-hybridized carbons (Fsp3) is 0.417. The number of hydrogen-bond acceptors (Lipinski definition) is 3. The Morgan fingerprint density at radius 1 is 1.29 bits per heavy atom. The Balaban J connectivity index is 2.82. The van der Waals surface area contributed by atoms with Gasteiger partial charge in [0.1, 0.15) is 0 Å². The maximum Gasteiger partial charge on any atom is 0.240 e. The Morgan fingerprint density at radius 2 is 1.88 bits per heavy atom. The van der Waals surface area contributed by atoms with E-state index in [0.717, 1.165) is 5.56 Å². The van der Waals surface area contributed by atoms with Crippen LogP contribution in [-0.4, -0.2) is 15.0 Å². The average molecular weight is 252 g/mol. The number of rotatable bonds is 5. The predicted molar refractivity (Wildman–Crippen MR) is 65.9 cm³/mol. The molecule has 1 rings (SSSR count). The first-order valence-corrected chi connectivity index (χ1v) is 6.92. The van der Waals surface area contributed by atoms with E-state index in [-0.39, 0.29) is 17.9 Å². The molecule has 1 N–H and O–H groups in total. The van der Waals surface area contributed by atoms with Gasteiger partial charge in [-0.2, -0.15) is 5.26 Å². The zero-order chi connectivity index (χ0) is 12.9. The van der Waals surface area contributed by atoms with Gasteiger partial charge in [-0.15, -0.1) is 0 Å². The molecular formula is C12H16N2O2S. The molecule has 0 saturated heterocycles. The first-order valence-electron chi connectivity index (χ1n) is 5.44. The van der Waals surface area contributed by atoms with Crippen LogP contribution < -0.4 is 4.72 Å². The van der Waals surface area contributed by atoms with Crippen molar-refractivity contribution in [2.45, 2.75) is 31.1 Å². The standard InChI is InChI=1S/C12H16N2O2S/c1-10(2)11-4-6-12(7-5-11)17(15,16)14-9-3-8-13/h4-7,10,14H,3,9H2,1-2H3. The molecule has 0 saturated carbocycles. The third-order valence-electron chi connectivity index (χ3n) is 2.39. The second-order valence-corrected chi connectivity index (χ2v) is 5.80. The molecule has 0 radical (unpaired) electrons. The van der Waals surface area contributed by atoms with Crippen molar-refractivity contribution in [1.82, 2.24) is 4.72 Å². The highest BCUT2D eigenvalue weighted by atomic mass is 32.2. The number of nitrogens with zero attached hydrogens (tertiary/aromatic N) is 1. The van der Waals surface area contributed by atoms with Gasteiger partial charge in [0.25, 0.3) is 0 Å². The number of sulfonamides is 1. The van der Waals surface area contributed by atoms with Crippen LogP contribution in [0.3, 0.4) is 0 Å². The van der Waals surface area contributed by atoms with E-state index < -0.39 is 10.0 Å². The smallest absolute Gasteiger partial charge is 0.210 e.